The molecule has 0 unspecified atom stereocenters. The van der Waals surface area contributed by atoms with Crippen molar-refractivity contribution in [3.63, 3.8) is 0 Å². The number of carbonyl (C=O) groups excluding carboxylic acids is 2. The lowest BCUT2D eigenvalue weighted by atomic mass is 10.3. The smallest absolute Gasteiger partial charge is 0.347 e. The van der Waals surface area contributed by atoms with Gasteiger partial charge in [0.25, 0.3) is 5.91 Å². The van der Waals surface area contributed by atoms with E-state index in [0.29, 0.717) is 16.3 Å². The molecule has 0 radical (unpaired) electrons. The minimum Gasteiger partial charge on any atom is -0.479 e. The normalized spacial score (nSPS) is 12.6. The van der Waals surface area contributed by atoms with E-state index in [1.807, 2.05) is 6.07 Å². The van der Waals surface area contributed by atoms with Gasteiger partial charge in [-0.1, -0.05) is 0 Å². The highest BCUT2D eigenvalue weighted by molar-refractivity contribution is 7.14. The lowest BCUT2D eigenvalue weighted by Crippen LogP contribution is -2.35. The summed E-state index contributed by atoms with van der Waals surface area (Å²) in [6.07, 6.45) is -2.04. The second-order valence-corrected chi connectivity index (χ2v) is 5.97. The Morgan fingerprint density at radius 2 is 1.88 bits per heavy atom. The number of hydrogen-bond donors (Lipinski definition) is 1. The van der Waals surface area contributed by atoms with Gasteiger partial charge in [0.15, 0.2) is 12.2 Å². The minimum atomic E-state index is -1.07. The van der Waals surface area contributed by atoms with E-state index >= 15 is 0 Å². The third-order valence-corrected chi connectivity index (χ3v) is 3.97. The maximum atomic E-state index is 12.8. The molecule has 0 aliphatic rings. The number of thiophene rings is 1. The van der Waals surface area contributed by atoms with Crippen LogP contribution in [-0.4, -0.2) is 24.1 Å². The van der Waals surface area contributed by atoms with E-state index < -0.39 is 29.9 Å². The molecule has 0 saturated heterocycles. The number of nitrogens with zero attached hydrogens (tertiary/aromatic N) is 1. The number of rotatable bonds is 6. The highest BCUT2D eigenvalue weighted by Crippen LogP contribution is 2.22. The van der Waals surface area contributed by atoms with Crippen LogP contribution >= 0.6 is 11.3 Å². The summed E-state index contributed by atoms with van der Waals surface area (Å²) < 4.78 is 23.2. The van der Waals surface area contributed by atoms with Crippen molar-refractivity contribution in [2.45, 2.75) is 26.1 Å². The largest absolute Gasteiger partial charge is 0.479 e. The van der Waals surface area contributed by atoms with Crippen molar-refractivity contribution >= 4 is 28.2 Å². The topological polar surface area (TPSA) is 88.4 Å². The molecule has 1 amide bonds. The molecule has 1 heterocycles. The van der Waals surface area contributed by atoms with Crippen LogP contribution in [0.3, 0.4) is 0 Å². The van der Waals surface area contributed by atoms with Crippen LogP contribution < -0.4 is 10.1 Å². The fourth-order valence-electron chi connectivity index (χ4n) is 1.80. The molecular weight excluding hydrogens is 347 g/mol. The second-order valence-electron chi connectivity index (χ2n) is 5.06. The molecule has 0 spiro atoms. The summed E-state index contributed by atoms with van der Waals surface area (Å²) in [6, 6.07) is 8.71. The summed E-state index contributed by atoms with van der Waals surface area (Å²) >= 11 is 1.20. The monoisotopic (exact) mass is 362 g/mol. The standard InChI is InChI=1S/C17H15FN2O4S/c1-10(15(21)20-16-12(9-19)7-8-25-16)24-17(22)11(2)23-14-5-3-13(18)4-6-14/h3-8,10-11H,1-2H3,(H,20,21)/t10-,11-/m1/s1. The highest BCUT2D eigenvalue weighted by atomic mass is 32.1. The van der Waals surface area contributed by atoms with E-state index in [9.17, 15) is 14.0 Å². The van der Waals surface area contributed by atoms with Crippen molar-refractivity contribution in [3.8, 4) is 11.8 Å². The van der Waals surface area contributed by atoms with E-state index in [4.69, 9.17) is 14.7 Å². The Labute approximate surface area is 147 Å². The van der Waals surface area contributed by atoms with Crippen LogP contribution in [0.1, 0.15) is 19.4 Å². The molecule has 1 N–H and O–H groups in total. The van der Waals surface area contributed by atoms with E-state index in [2.05, 4.69) is 5.32 Å². The van der Waals surface area contributed by atoms with Crippen molar-refractivity contribution in [1.29, 1.82) is 5.26 Å². The van der Waals surface area contributed by atoms with E-state index in [1.54, 1.807) is 11.4 Å². The van der Waals surface area contributed by atoms with Gasteiger partial charge in [0.05, 0.1) is 5.56 Å². The Morgan fingerprint density at radius 1 is 1.20 bits per heavy atom. The lowest BCUT2D eigenvalue weighted by molar-refractivity contribution is -0.159. The number of benzene rings is 1. The van der Waals surface area contributed by atoms with Gasteiger partial charge in [0.1, 0.15) is 22.6 Å². The molecule has 6 nitrogen and oxygen atoms in total. The van der Waals surface area contributed by atoms with Gasteiger partial charge in [-0.25, -0.2) is 9.18 Å². The second kappa shape index (κ2) is 8.26. The van der Waals surface area contributed by atoms with E-state index in [0.717, 1.165) is 0 Å². The SMILES string of the molecule is C[C@@H](OC(=O)[C@@H](C)Oc1ccc(F)cc1)C(=O)Nc1sccc1C#N. The zero-order chi connectivity index (χ0) is 18.4. The molecule has 0 fully saturated rings. The summed E-state index contributed by atoms with van der Waals surface area (Å²) in [7, 11) is 0. The summed E-state index contributed by atoms with van der Waals surface area (Å²) in [5, 5.41) is 13.5. The van der Waals surface area contributed by atoms with Gasteiger partial charge in [-0.05, 0) is 49.6 Å². The number of amides is 1. The first-order valence-corrected chi connectivity index (χ1v) is 8.20. The summed E-state index contributed by atoms with van der Waals surface area (Å²) in [5.41, 5.74) is 0.338. The Hall–Kier alpha value is -2.92. The van der Waals surface area contributed by atoms with E-state index in [1.165, 1.54) is 49.4 Å². The fraction of sp³-hybridized carbons (Fsp3) is 0.235. The molecule has 25 heavy (non-hydrogen) atoms. The highest BCUT2D eigenvalue weighted by Gasteiger charge is 2.24. The van der Waals surface area contributed by atoms with Gasteiger partial charge in [-0.2, -0.15) is 5.26 Å². The first-order chi connectivity index (χ1) is 11.9. The Balaban J connectivity index is 1.89. The van der Waals surface area contributed by atoms with Gasteiger partial charge in [0.2, 0.25) is 0 Å². The Kier molecular flexibility index (Phi) is 6.08. The van der Waals surface area contributed by atoms with Crippen molar-refractivity contribution in [1.82, 2.24) is 0 Å². The number of hydrogen-bond acceptors (Lipinski definition) is 6. The number of nitriles is 1. The molecule has 0 saturated carbocycles. The van der Waals surface area contributed by atoms with Crippen LogP contribution in [0.4, 0.5) is 9.39 Å². The van der Waals surface area contributed by atoms with Gasteiger partial charge in [-0.3, -0.25) is 4.79 Å². The van der Waals surface area contributed by atoms with Gasteiger partial charge in [0, 0.05) is 0 Å². The first-order valence-electron chi connectivity index (χ1n) is 7.32. The zero-order valence-corrected chi connectivity index (χ0v) is 14.3. The van der Waals surface area contributed by atoms with Gasteiger partial charge >= 0.3 is 5.97 Å². The first kappa shape index (κ1) is 18.4. The molecule has 0 aliphatic carbocycles. The Morgan fingerprint density at radius 3 is 2.52 bits per heavy atom. The molecule has 2 rings (SSSR count). The number of esters is 1. The molecule has 130 valence electrons. The number of halogens is 1. The summed E-state index contributed by atoms with van der Waals surface area (Å²) in [4.78, 5) is 24.1. The predicted octanol–water partition coefficient (Wildman–Crippen LogP) is 3.10. The van der Waals surface area contributed by atoms with Crippen LogP contribution in [0.15, 0.2) is 35.7 Å². The molecule has 1 aromatic heterocycles. The molecule has 0 aliphatic heterocycles. The molecule has 2 atom stereocenters. The van der Waals surface area contributed by atoms with Crippen molar-refractivity contribution < 1.29 is 23.5 Å². The van der Waals surface area contributed by atoms with Crippen LogP contribution in [0.2, 0.25) is 0 Å². The number of anilines is 1. The van der Waals surface area contributed by atoms with Crippen molar-refractivity contribution in [2.75, 3.05) is 5.32 Å². The summed E-state index contributed by atoms with van der Waals surface area (Å²) in [5.74, 6) is -1.40. The average Bonchev–Trinajstić information content (AvgIpc) is 3.03. The number of nitrogens with one attached hydrogen (secondary N) is 1. The van der Waals surface area contributed by atoms with Crippen LogP contribution in [0.5, 0.6) is 5.75 Å². The lowest BCUT2D eigenvalue weighted by Gasteiger charge is -2.17. The molecule has 2 aromatic rings. The van der Waals surface area contributed by atoms with Crippen LogP contribution in [0, 0.1) is 17.1 Å². The molecular formula is C17H15FN2O4S. The third-order valence-electron chi connectivity index (χ3n) is 3.14. The summed E-state index contributed by atoms with van der Waals surface area (Å²) in [6.45, 7) is 2.88. The quantitative estimate of drug-likeness (QED) is 0.798. The van der Waals surface area contributed by atoms with Gasteiger partial charge in [-0.15, -0.1) is 11.3 Å². The predicted molar refractivity (Wildman–Crippen MR) is 89.7 cm³/mol. The molecule has 1 aromatic carbocycles. The fourth-order valence-corrected chi connectivity index (χ4v) is 2.54. The molecule has 8 heteroatoms. The van der Waals surface area contributed by atoms with Crippen LogP contribution in [-0.2, 0) is 14.3 Å². The number of ether oxygens (including phenoxy) is 2. The van der Waals surface area contributed by atoms with Crippen molar-refractivity contribution in [2.24, 2.45) is 0 Å². The third kappa shape index (κ3) is 5.02. The van der Waals surface area contributed by atoms with Crippen molar-refractivity contribution in [3.05, 3.63) is 47.1 Å². The van der Waals surface area contributed by atoms with Crippen LogP contribution in [0.25, 0.3) is 0 Å². The maximum Gasteiger partial charge on any atom is 0.347 e. The molecule has 0 bridgehead atoms. The minimum absolute atomic E-state index is 0.306. The van der Waals surface area contributed by atoms with Gasteiger partial charge < -0.3 is 14.8 Å². The Bertz CT molecular complexity index is 798. The van der Waals surface area contributed by atoms with E-state index in [-0.39, 0.29) is 0 Å². The maximum absolute atomic E-state index is 12.8. The zero-order valence-electron chi connectivity index (χ0n) is 13.5. The average molecular weight is 362 g/mol. The number of carbonyl (C=O) groups is 2.